The third-order valence-corrected chi connectivity index (χ3v) is 6.72. The number of carbonyl (C=O) groups is 1. The summed E-state index contributed by atoms with van der Waals surface area (Å²) in [5, 5.41) is 11.0. The lowest BCUT2D eigenvalue weighted by atomic mass is 9.89. The first-order valence-corrected chi connectivity index (χ1v) is 12.1. The largest absolute Gasteiger partial charge is 0.270 e. The summed E-state index contributed by atoms with van der Waals surface area (Å²) >= 11 is 0. The Labute approximate surface area is 199 Å². The van der Waals surface area contributed by atoms with Gasteiger partial charge in [-0.3, -0.25) is 19.9 Å². The van der Waals surface area contributed by atoms with Crippen molar-refractivity contribution in [2.24, 2.45) is 0 Å². The molecule has 178 valence electrons. The highest BCUT2D eigenvalue weighted by Gasteiger charge is 2.26. The molecule has 1 N–H and O–H groups in total. The van der Waals surface area contributed by atoms with E-state index in [1.807, 2.05) is 58.4 Å². The van der Waals surface area contributed by atoms with E-state index in [-0.39, 0.29) is 15.9 Å². The molecule has 34 heavy (non-hydrogen) atoms. The van der Waals surface area contributed by atoms with E-state index in [2.05, 4.69) is 0 Å². The van der Waals surface area contributed by atoms with Gasteiger partial charge in [-0.25, -0.2) is 13.1 Å². The number of nitrogens with one attached hydrogen (secondary N) is 1. The second kappa shape index (κ2) is 8.98. The van der Waals surface area contributed by atoms with Gasteiger partial charge < -0.3 is 0 Å². The monoisotopic (exact) mass is 481 g/mol. The summed E-state index contributed by atoms with van der Waals surface area (Å²) in [4.78, 5) is 28.0. The average molecular weight is 482 g/mol. The summed E-state index contributed by atoms with van der Waals surface area (Å²) in [7, 11) is -4.36. The van der Waals surface area contributed by atoms with Crippen molar-refractivity contribution in [2.75, 3.05) is 0 Å². The molecule has 0 aliphatic rings. The van der Waals surface area contributed by atoms with E-state index < -0.39 is 26.5 Å². The van der Waals surface area contributed by atoms with E-state index in [0.29, 0.717) is 5.69 Å². The number of benzene rings is 2. The lowest BCUT2D eigenvalue weighted by molar-refractivity contribution is -0.385. The minimum atomic E-state index is -4.36. The van der Waals surface area contributed by atoms with Crippen LogP contribution in [0.25, 0.3) is 11.3 Å². The van der Waals surface area contributed by atoms with Crippen LogP contribution in [-0.2, 0) is 15.4 Å². The molecule has 0 radical (unpaired) electrons. The van der Waals surface area contributed by atoms with Crippen molar-refractivity contribution >= 4 is 21.6 Å². The number of nitrogens with zero attached hydrogens (tertiary/aromatic N) is 2. The van der Waals surface area contributed by atoms with Gasteiger partial charge in [0.2, 0.25) is 0 Å². The summed E-state index contributed by atoms with van der Waals surface area (Å²) in [5.41, 5.74) is 4.17. The summed E-state index contributed by atoms with van der Waals surface area (Å²) < 4.78 is 27.8. The van der Waals surface area contributed by atoms with Crippen LogP contribution in [0.3, 0.4) is 0 Å². The molecule has 1 aromatic heterocycles. The third-order valence-electron chi connectivity index (χ3n) is 5.39. The number of pyridine rings is 1. The normalized spacial score (nSPS) is 11.8. The lowest BCUT2D eigenvalue weighted by Crippen LogP contribution is -2.31. The second-order valence-corrected chi connectivity index (χ2v) is 11.0. The van der Waals surface area contributed by atoms with Crippen molar-refractivity contribution in [2.45, 2.75) is 51.9 Å². The fourth-order valence-electron chi connectivity index (χ4n) is 3.80. The van der Waals surface area contributed by atoms with E-state index in [1.165, 1.54) is 18.2 Å². The molecule has 3 aromatic rings. The Kier molecular flexibility index (Phi) is 6.61. The number of amides is 1. The highest BCUT2D eigenvalue weighted by molar-refractivity contribution is 7.90. The van der Waals surface area contributed by atoms with Gasteiger partial charge in [0.1, 0.15) is 0 Å². The molecule has 9 heteroatoms. The zero-order chi connectivity index (χ0) is 25.4. The first-order valence-electron chi connectivity index (χ1n) is 10.6. The fourth-order valence-corrected chi connectivity index (χ4v) is 4.81. The van der Waals surface area contributed by atoms with Crippen LogP contribution in [0.5, 0.6) is 0 Å². The van der Waals surface area contributed by atoms with Gasteiger partial charge in [0.25, 0.3) is 21.6 Å². The summed E-state index contributed by atoms with van der Waals surface area (Å²) in [6, 6.07) is 11.8. The van der Waals surface area contributed by atoms with Crippen molar-refractivity contribution in [1.82, 2.24) is 9.71 Å². The maximum atomic E-state index is 13.2. The third kappa shape index (κ3) is 5.14. The van der Waals surface area contributed by atoms with Crippen LogP contribution in [0, 0.1) is 30.9 Å². The smallest absolute Gasteiger partial charge is 0.268 e. The molecular formula is C25H27N3O5S. The standard InChI is InChI=1S/C25H27N3O5S/c1-15-12-16(2)22(17(3)13-15)23-20(10-11-21(26-23)25(4,5)6)24(29)27-34(32,33)19-9-7-8-18(14-19)28(30)31/h7-14H,1-6H3,(H,27,29). The first kappa shape index (κ1) is 25.0. The van der Waals surface area contributed by atoms with Crippen molar-refractivity contribution in [3.8, 4) is 11.3 Å². The molecule has 1 amide bonds. The Morgan fingerprint density at radius 1 is 1.00 bits per heavy atom. The van der Waals surface area contributed by atoms with Crippen molar-refractivity contribution in [1.29, 1.82) is 0 Å². The zero-order valence-corrected chi connectivity index (χ0v) is 20.8. The number of sulfonamides is 1. The van der Waals surface area contributed by atoms with Gasteiger partial charge in [-0.2, -0.15) is 0 Å². The van der Waals surface area contributed by atoms with Gasteiger partial charge in [-0.15, -0.1) is 0 Å². The molecule has 3 rings (SSSR count). The van der Waals surface area contributed by atoms with E-state index in [0.717, 1.165) is 34.0 Å². The van der Waals surface area contributed by atoms with Crippen molar-refractivity contribution in [3.05, 3.63) is 86.6 Å². The van der Waals surface area contributed by atoms with E-state index in [1.54, 1.807) is 12.1 Å². The Bertz CT molecular complexity index is 1380. The van der Waals surface area contributed by atoms with Gasteiger partial charge >= 0.3 is 0 Å². The maximum Gasteiger partial charge on any atom is 0.270 e. The molecule has 0 aliphatic heterocycles. The zero-order valence-electron chi connectivity index (χ0n) is 20.0. The molecular weight excluding hydrogens is 454 g/mol. The SMILES string of the molecule is Cc1cc(C)c(-c2nc(C(C)(C)C)ccc2C(=O)NS(=O)(=O)c2cccc([N+](=O)[O-])c2)c(C)c1. The number of aryl methyl sites for hydroxylation is 3. The molecule has 0 aliphatic carbocycles. The van der Waals surface area contributed by atoms with Crippen LogP contribution in [0.15, 0.2) is 53.4 Å². The number of carbonyl (C=O) groups excluding carboxylic acids is 1. The van der Waals surface area contributed by atoms with Gasteiger partial charge in [-0.05, 0) is 50.1 Å². The Morgan fingerprint density at radius 2 is 1.62 bits per heavy atom. The highest BCUT2D eigenvalue weighted by Crippen LogP contribution is 2.32. The number of rotatable bonds is 5. The van der Waals surface area contributed by atoms with Crippen LogP contribution >= 0.6 is 0 Å². The number of hydrogen-bond donors (Lipinski definition) is 1. The molecule has 0 bridgehead atoms. The quantitative estimate of drug-likeness (QED) is 0.405. The number of hydrogen-bond acceptors (Lipinski definition) is 6. The molecule has 0 unspecified atom stereocenters. The van der Waals surface area contributed by atoms with E-state index in [9.17, 15) is 23.3 Å². The topological polar surface area (TPSA) is 119 Å². The van der Waals surface area contributed by atoms with Crippen LogP contribution < -0.4 is 4.72 Å². The van der Waals surface area contributed by atoms with Crippen LogP contribution in [-0.4, -0.2) is 24.2 Å². The molecule has 0 atom stereocenters. The van der Waals surface area contributed by atoms with Gasteiger partial charge in [0.15, 0.2) is 0 Å². The number of nitro groups is 1. The Morgan fingerprint density at radius 3 is 2.18 bits per heavy atom. The summed E-state index contributed by atoms with van der Waals surface area (Å²) in [6.45, 7) is 11.8. The average Bonchev–Trinajstić information content (AvgIpc) is 2.72. The molecule has 0 saturated carbocycles. The van der Waals surface area contributed by atoms with Crippen molar-refractivity contribution < 1.29 is 18.1 Å². The highest BCUT2D eigenvalue weighted by atomic mass is 32.2. The molecule has 2 aromatic carbocycles. The minimum Gasteiger partial charge on any atom is -0.268 e. The predicted octanol–water partition coefficient (Wildman–Crippen LogP) is 5.00. The molecule has 1 heterocycles. The van der Waals surface area contributed by atoms with E-state index >= 15 is 0 Å². The van der Waals surface area contributed by atoms with Crippen LogP contribution in [0.1, 0.15) is 53.5 Å². The van der Waals surface area contributed by atoms with Crippen LogP contribution in [0.2, 0.25) is 0 Å². The summed E-state index contributed by atoms with van der Waals surface area (Å²) in [5.74, 6) is -0.867. The van der Waals surface area contributed by atoms with Crippen molar-refractivity contribution in [3.63, 3.8) is 0 Å². The Balaban J connectivity index is 2.13. The number of aromatic nitrogens is 1. The first-order chi connectivity index (χ1) is 15.7. The van der Waals surface area contributed by atoms with Gasteiger partial charge in [0.05, 0.1) is 21.1 Å². The van der Waals surface area contributed by atoms with E-state index in [4.69, 9.17) is 4.98 Å². The van der Waals surface area contributed by atoms with Crippen LogP contribution in [0.4, 0.5) is 5.69 Å². The number of non-ortho nitro benzene ring substituents is 1. The fraction of sp³-hybridized carbons (Fsp3) is 0.280. The second-order valence-electron chi connectivity index (χ2n) is 9.31. The lowest BCUT2D eigenvalue weighted by Gasteiger charge is -2.21. The molecule has 0 saturated heterocycles. The molecule has 8 nitrogen and oxygen atoms in total. The van der Waals surface area contributed by atoms with Gasteiger partial charge in [0, 0.05) is 28.8 Å². The van der Waals surface area contributed by atoms with Gasteiger partial charge in [-0.1, -0.05) is 44.5 Å². The Hall–Kier alpha value is -3.59. The molecule has 0 fully saturated rings. The number of nitro benzene ring substituents is 1. The predicted molar refractivity (Wildman–Crippen MR) is 130 cm³/mol. The molecule has 0 spiro atoms. The summed E-state index contributed by atoms with van der Waals surface area (Å²) in [6.07, 6.45) is 0. The minimum absolute atomic E-state index is 0.0945. The maximum absolute atomic E-state index is 13.2.